The van der Waals surface area contributed by atoms with E-state index < -0.39 is 0 Å². The number of anilines is 1. The number of hydrogen-bond donors (Lipinski definition) is 1. The Balaban J connectivity index is 2.19. The topological polar surface area (TPSA) is 56.7 Å². The standard InChI is InChI=1S/C12H11ClN4S/c1-7(8-2-3-18-6-8)17-11-10(16-12(17)14)4-9(13)5-15-11/h2-7H,1H3,(H2,14,16). The highest BCUT2D eigenvalue weighted by atomic mass is 35.5. The van der Waals surface area contributed by atoms with Crippen LogP contribution < -0.4 is 5.73 Å². The number of rotatable bonds is 2. The molecule has 18 heavy (non-hydrogen) atoms. The monoisotopic (exact) mass is 278 g/mol. The first kappa shape index (κ1) is 11.5. The lowest BCUT2D eigenvalue weighted by Crippen LogP contribution is -2.10. The molecule has 0 aromatic carbocycles. The number of fused-ring (bicyclic) bond motifs is 1. The molecule has 1 unspecified atom stereocenters. The maximum Gasteiger partial charge on any atom is 0.203 e. The predicted molar refractivity (Wildman–Crippen MR) is 75.1 cm³/mol. The molecule has 0 fully saturated rings. The van der Waals surface area contributed by atoms with E-state index in [1.165, 1.54) is 5.56 Å². The van der Waals surface area contributed by atoms with Gasteiger partial charge in [-0.2, -0.15) is 11.3 Å². The molecule has 3 aromatic rings. The van der Waals surface area contributed by atoms with Gasteiger partial charge >= 0.3 is 0 Å². The Hall–Kier alpha value is -1.59. The second kappa shape index (κ2) is 4.26. The summed E-state index contributed by atoms with van der Waals surface area (Å²) < 4.78 is 1.92. The summed E-state index contributed by atoms with van der Waals surface area (Å²) in [5, 5.41) is 4.72. The van der Waals surface area contributed by atoms with Crippen LogP contribution in [0.25, 0.3) is 11.2 Å². The Labute approximate surface area is 113 Å². The molecule has 2 N–H and O–H groups in total. The van der Waals surface area contributed by atoms with Crippen molar-refractivity contribution in [2.75, 3.05) is 5.73 Å². The van der Waals surface area contributed by atoms with E-state index in [9.17, 15) is 0 Å². The Bertz CT molecular complexity index is 689. The van der Waals surface area contributed by atoms with Crippen LogP contribution in [0.5, 0.6) is 0 Å². The van der Waals surface area contributed by atoms with Crippen molar-refractivity contribution < 1.29 is 0 Å². The van der Waals surface area contributed by atoms with E-state index in [0.29, 0.717) is 11.0 Å². The number of nitrogens with zero attached hydrogens (tertiary/aromatic N) is 3. The van der Waals surface area contributed by atoms with Crippen molar-refractivity contribution >= 4 is 40.0 Å². The molecule has 1 atom stereocenters. The van der Waals surface area contributed by atoms with Crippen LogP contribution in [0, 0.1) is 0 Å². The summed E-state index contributed by atoms with van der Waals surface area (Å²) in [7, 11) is 0. The van der Waals surface area contributed by atoms with E-state index in [4.69, 9.17) is 17.3 Å². The highest BCUT2D eigenvalue weighted by molar-refractivity contribution is 7.07. The number of nitrogen functional groups attached to an aromatic ring is 1. The van der Waals surface area contributed by atoms with Crippen molar-refractivity contribution in [1.29, 1.82) is 0 Å². The fourth-order valence-corrected chi connectivity index (χ4v) is 2.92. The van der Waals surface area contributed by atoms with E-state index in [1.807, 2.05) is 9.95 Å². The molecular formula is C12H11ClN4S. The fourth-order valence-electron chi connectivity index (χ4n) is 2.02. The maximum absolute atomic E-state index is 5.98. The highest BCUT2D eigenvalue weighted by Crippen LogP contribution is 2.28. The van der Waals surface area contributed by atoms with Crippen LogP contribution in [0.1, 0.15) is 18.5 Å². The molecule has 0 amide bonds. The second-order valence-electron chi connectivity index (χ2n) is 4.07. The molecule has 0 saturated heterocycles. The summed E-state index contributed by atoms with van der Waals surface area (Å²) in [6.07, 6.45) is 1.61. The SMILES string of the molecule is CC(c1ccsc1)n1c(N)nc2cc(Cl)cnc21. The number of halogens is 1. The van der Waals surface area contributed by atoms with Crippen molar-refractivity contribution in [2.24, 2.45) is 0 Å². The number of pyridine rings is 1. The predicted octanol–water partition coefficient (Wildman–Crippen LogP) is 3.34. The van der Waals surface area contributed by atoms with Gasteiger partial charge in [0, 0.05) is 6.20 Å². The Morgan fingerprint density at radius 2 is 2.33 bits per heavy atom. The first-order valence-corrected chi connectivity index (χ1v) is 6.80. The molecule has 6 heteroatoms. The third-order valence-corrected chi connectivity index (χ3v) is 3.84. The van der Waals surface area contributed by atoms with Crippen molar-refractivity contribution in [3.05, 3.63) is 39.7 Å². The van der Waals surface area contributed by atoms with Crippen LogP contribution in [0.15, 0.2) is 29.1 Å². The van der Waals surface area contributed by atoms with Crippen LogP contribution in [0.2, 0.25) is 5.02 Å². The van der Waals surface area contributed by atoms with Gasteiger partial charge < -0.3 is 5.73 Å². The Kier molecular flexibility index (Phi) is 2.72. The summed E-state index contributed by atoms with van der Waals surface area (Å²) in [6, 6.07) is 3.96. The maximum atomic E-state index is 5.98. The first-order chi connectivity index (χ1) is 8.66. The molecule has 4 nitrogen and oxygen atoms in total. The minimum absolute atomic E-state index is 0.106. The summed E-state index contributed by atoms with van der Waals surface area (Å²) in [4.78, 5) is 8.63. The molecular weight excluding hydrogens is 268 g/mol. The molecule has 0 aliphatic carbocycles. The van der Waals surface area contributed by atoms with Crippen LogP contribution >= 0.6 is 22.9 Å². The van der Waals surface area contributed by atoms with Gasteiger partial charge in [0.15, 0.2) is 5.65 Å². The molecule has 0 radical (unpaired) electrons. The molecule has 3 heterocycles. The first-order valence-electron chi connectivity index (χ1n) is 5.48. The smallest absolute Gasteiger partial charge is 0.203 e. The van der Waals surface area contributed by atoms with Gasteiger partial charge in [0.25, 0.3) is 0 Å². The quantitative estimate of drug-likeness (QED) is 0.782. The zero-order valence-corrected chi connectivity index (χ0v) is 11.2. The number of hydrogen-bond acceptors (Lipinski definition) is 4. The van der Waals surface area contributed by atoms with Crippen molar-refractivity contribution in [3.8, 4) is 0 Å². The number of nitrogens with two attached hydrogens (primary N) is 1. The summed E-state index contributed by atoms with van der Waals surface area (Å²) in [6.45, 7) is 2.08. The third kappa shape index (κ3) is 1.76. The van der Waals surface area contributed by atoms with Crippen LogP contribution in [0.4, 0.5) is 5.95 Å². The summed E-state index contributed by atoms with van der Waals surface area (Å²) >= 11 is 7.57. The molecule has 0 spiro atoms. The van der Waals surface area contributed by atoms with Crippen molar-refractivity contribution in [2.45, 2.75) is 13.0 Å². The van der Waals surface area contributed by atoms with Gasteiger partial charge in [-0.05, 0) is 35.4 Å². The van der Waals surface area contributed by atoms with E-state index in [-0.39, 0.29) is 6.04 Å². The molecule has 3 rings (SSSR count). The molecule has 3 aromatic heterocycles. The molecule has 0 aliphatic heterocycles. The number of imidazole rings is 1. The van der Waals surface area contributed by atoms with E-state index in [0.717, 1.165) is 11.2 Å². The molecule has 92 valence electrons. The lowest BCUT2D eigenvalue weighted by Gasteiger charge is -2.13. The highest BCUT2D eigenvalue weighted by Gasteiger charge is 2.17. The average molecular weight is 279 g/mol. The zero-order valence-electron chi connectivity index (χ0n) is 9.67. The minimum atomic E-state index is 0.106. The number of aromatic nitrogens is 3. The van der Waals surface area contributed by atoms with E-state index >= 15 is 0 Å². The summed E-state index contributed by atoms with van der Waals surface area (Å²) in [5.41, 5.74) is 8.66. The lowest BCUT2D eigenvalue weighted by molar-refractivity contribution is 0.665. The second-order valence-corrected chi connectivity index (χ2v) is 5.29. The van der Waals surface area contributed by atoms with E-state index in [2.05, 4.69) is 28.3 Å². The van der Waals surface area contributed by atoms with Gasteiger partial charge in [0.1, 0.15) is 5.52 Å². The van der Waals surface area contributed by atoms with Gasteiger partial charge in [0.05, 0.1) is 11.1 Å². The third-order valence-electron chi connectivity index (χ3n) is 2.94. The van der Waals surface area contributed by atoms with Gasteiger partial charge in [-0.3, -0.25) is 4.57 Å². The minimum Gasteiger partial charge on any atom is -0.369 e. The fraction of sp³-hybridized carbons (Fsp3) is 0.167. The van der Waals surface area contributed by atoms with Crippen LogP contribution in [-0.4, -0.2) is 14.5 Å². The lowest BCUT2D eigenvalue weighted by atomic mass is 10.2. The zero-order chi connectivity index (χ0) is 12.7. The summed E-state index contributed by atoms with van der Waals surface area (Å²) in [5.74, 6) is 0.457. The van der Waals surface area contributed by atoms with Crippen molar-refractivity contribution in [1.82, 2.24) is 14.5 Å². The average Bonchev–Trinajstić information content (AvgIpc) is 2.94. The van der Waals surface area contributed by atoms with E-state index in [1.54, 1.807) is 23.6 Å². The normalized spacial score (nSPS) is 13.0. The largest absolute Gasteiger partial charge is 0.369 e. The van der Waals surface area contributed by atoms with Crippen LogP contribution in [-0.2, 0) is 0 Å². The van der Waals surface area contributed by atoms with Crippen molar-refractivity contribution in [3.63, 3.8) is 0 Å². The molecule has 0 saturated carbocycles. The Morgan fingerprint density at radius 3 is 3.06 bits per heavy atom. The molecule has 0 bridgehead atoms. The van der Waals surface area contributed by atoms with Gasteiger partial charge in [-0.25, -0.2) is 9.97 Å². The number of thiophene rings is 1. The van der Waals surface area contributed by atoms with Crippen LogP contribution in [0.3, 0.4) is 0 Å². The van der Waals surface area contributed by atoms with Gasteiger partial charge in [0.2, 0.25) is 5.95 Å². The van der Waals surface area contributed by atoms with Gasteiger partial charge in [-0.15, -0.1) is 0 Å². The molecule has 0 aliphatic rings. The Morgan fingerprint density at radius 1 is 1.50 bits per heavy atom. The van der Waals surface area contributed by atoms with Gasteiger partial charge in [-0.1, -0.05) is 11.6 Å².